The lowest BCUT2D eigenvalue weighted by Gasteiger charge is -2.35. The highest BCUT2D eigenvalue weighted by atomic mass is 32.1. The van der Waals surface area contributed by atoms with Gasteiger partial charge in [0.2, 0.25) is 5.91 Å². The molecule has 0 saturated carbocycles. The molecule has 1 aliphatic rings. The number of aromatic nitrogens is 1. The molecule has 34 heavy (non-hydrogen) atoms. The van der Waals surface area contributed by atoms with Crippen molar-refractivity contribution in [1.29, 1.82) is 0 Å². The molecule has 2 heterocycles. The van der Waals surface area contributed by atoms with Gasteiger partial charge in [0, 0.05) is 50.0 Å². The first-order valence-electron chi connectivity index (χ1n) is 11.5. The van der Waals surface area contributed by atoms with E-state index in [1.54, 1.807) is 11.3 Å². The summed E-state index contributed by atoms with van der Waals surface area (Å²) < 4.78 is 6.92. The second-order valence-corrected chi connectivity index (χ2v) is 9.95. The zero-order valence-corrected chi connectivity index (χ0v) is 20.5. The highest BCUT2D eigenvalue weighted by Gasteiger charge is 2.21. The van der Waals surface area contributed by atoms with Crippen LogP contribution in [0.3, 0.4) is 0 Å². The van der Waals surface area contributed by atoms with E-state index in [-0.39, 0.29) is 19.1 Å². The molecule has 3 aromatic rings. The van der Waals surface area contributed by atoms with Crippen LogP contribution in [-0.2, 0) is 11.4 Å². The van der Waals surface area contributed by atoms with Gasteiger partial charge in [0.25, 0.3) is 0 Å². The number of aryl methyl sites for hydroxylation is 2. The number of nitrogens with zero attached hydrogens (tertiary/aromatic N) is 3. The first-order chi connectivity index (χ1) is 16.4. The van der Waals surface area contributed by atoms with Gasteiger partial charge < -0.3 is 20.3 Å². The summed E-state index contributed by atoms with van der Waals surface area (Å²) in [5.74, 6) is 0.629. The van der Waals surface area contributed by atoms with E-state index in [4.69, 9.17) is 4.74 Å². The van der Waals surface area contributed by atoms with Crippen LogP contribution < -0.4 is 10.1 Å². The summed E-state index contributed by atoms with van der Waals surface area (Å²) in [7, 11) is 0. The molecule has 8 nitrogen and oxygen atoms in total. The maximum atomic E-state index is 12.6. The second kappa shape index (κ2) is 11.2. The van der Waals surface area contributed by atoms with Gasteiger partial charge in [0.05, 0.1) is 28.4 Å². The van der Waals surface area contributed by atoms with Gasteiger partial charge >= 0.3 is 0 Å². The van der Waals surface area contributed by atoms with Crippen LogP contribution in [0.25, 0.3) is 10.2 Å². The summed E-state index contributed by atoms with van der Waals surface area (Å²) in [5, 5.41) is 24.0. The smallest absolute Gasteiger partial charge is 0.238 e. The third-order valence-corrected chi connectivity index (χ3v) is 6.96. The molecule has 0 bridgehead atoms. The van der Waals surface area contributed by atoms with Gasteiger partial charge in [0.1, 0.15) is 18.5 Å². The molecule has 3 N–H and O–H groups in total. The topological polar surface area (TPSA) is 98.2 Å². The Morgan fingerprint density at radius 1 is 1.18 bits per heavy atom. The summed E-state index contributed by atoms with van der Waals surface area (Å²) in [6.45, 7) is 7.91. The van der Waals surface area contributed by atoms with Gasteiger partial charge in [-0.2, -0.15) is 0 Å². The summed E-state index contributed by atoms with van der Waals surface area (Å²) in [6, 6.07) is 11.4. The minimum absolute atomic E-state index is 0.0850. The lowest BCUT2D eigenvalue weighted by molar-refractivity contribution is -0.117. The molecule has 1 saturated heterocycles. The Kier molecular flexibility index (Phi) is 8.12. The van der Waals surface area contributed by atoms with E-state index in [9.17, 15) is 15.0 Å². The van der Waals surface area contributed by atoms with Gasteiger partial charge in [-0.05, 0) is 31.5 Å². The van der Waals surface area contributed by atoms with E-state index in [1.165, 1.54) is 0 Å². The third-order valence-electron chi connectivity index (χ3n) is 6.00. The monoisotopic (exact) mass is 484 g/mol. The van der Waals surface area contributed by atoms with Crippen LogP contribution in [0.1, 0.15) is 16.1 Å². The fraction of sp³-hybridized carbons (Fsp3) is 0.440. The van der Waals surface area contributed by atoms with Crippen LogP contribution in [0, 0.1) is 13.8 Å². The molecule has 182 valence electrons. The number of aliphatic hydroxyl groups is 2. The molecule has 1 aliphatic heterocycles. The van der Waals surface area contributed by atoms with Crippen molar-refractivity contribution < 1.29 is 19.7 Å². The number of carbonyl (C=O) groups is 1. The number of amides is 1. The maximum absolute atomic E-state index is 12.6. The normalized spacial score (nSPS) is 16.0. The van der Waals surface area contributed by atoms with Crippen LogP contribution >= 0.6 is 11.3 Å². The number of hydrogen-bond acceptors (Lipinski definition) is 8. The number of nitrogens with one attached hydrogen (secondary N) is 1. The molecule has 0 radical (unpaired) electrons. The predicted octanol–water partition coefficient (Wildman–Crippen LogP) is 2.40. The predicted molar refractivity (Wildman–Crippen MR) is 134 cm³/mol. The number of rotatable bonds is 9. The van der Waals surface area contributed by atoms with Crippen molar-refractivity contribution in [1.82, 2.24) is 14.8 Å². The molecule has 1 atom stereocenters. The first-order valence-corrected chi connectivity index (χ1v) is 12.3. The number of thiazole rings is 1. The highest BCUT2D eigenvalue weighted by molar-refractivity contribution is 7.18. The molecule has 1 amide bonds. The van der Waals surface area contributed by atoms with Crippen molar-refractivity contribution in [3.05, 3.63) is 52.5 Å². The van der Waals surface area contributed by atoms with E-state index in [1.807, 2.05) is 50.2 Å². The second-order valence-electron chi connectivity index (χ2n) is 8.72. The van der Waals surface area contributed by atoms with Crippen molar-refractivity contribution >= 4 is 33.1 Å². The number of ether oxygens (including phenoxy) is 1. The van der Waals surface area contributed by atoms with Crippen molar-refractivity contribution in [2.75, 3.05) is 51.2 Å². The SMILES string of the molecule is Cc1nc2cc(OC[C@@H](O)CN3CCN(CC(=O)Nc4c(C)cccc4CO)CC3)ccc2s1. The van der Waals surface area contributed by atoms with E-state index in [0.717, 1.165) is 52.5 Å². The number of benzene rings is 2. The molecule has 1 fully saturated rings. The quantitative estimate of drug-likeness (QED) is 0.429. The molecular weight excluding hydrogens is 452 g/mol. The average molecular weight is 485 g/mol. The van der Waals surface area contributed by atoms with E-state index in [0.29, 0.717) is 24.5 Å². The molecule has 0 aliphatic carbocycles. The van der Waals surface area contributed by atoms with E-state index < -0.39 is 6.10 Å². The standard InChI is InChI=1S/C25H32N4O4S/c1-17-4-3-5-19(15-30)25(17)27-24(32)14-29-10-8-28(9-11-29)13-20(31)16-33-21-6-7-23-22(12-21)26-18(2)34-23/h3-7,12,20,30-31H,8-11,13-16H2,1-2H3,(H,27,32)/t20-/m0/s1. The third kappa shape index (κ3) is 6.31. The minimum Gasteiger partial charge on any atom is -0.491 e. The van der Waals surface area contributed by atoms with Crippen LogP contribution in [0.2, 0.25) is 0 Å². The Balaban J connectivity index is 1.19. The van der Waals surface area contributed by atoms with E-state index >= 15 is 0 Å². The number of β-amino-alcohol motifs (C(OH)–C–C–N with tert-alkyl or cyclic N) is 1. The van der Waals surface area contributed by atoms with Crippen LogP contribution in [0.15, 0.2) is 36.4 Å². The van der Waals surface area contributed by atoms with Gasteiger partial charge in [-0.1, -0.05) is 18.2 Å². The Hall–Kier alpha value is -2.56. The maximum Gasteiger partial charge on any atom is 0.238 e. The molecule has 9 heteroatoms. The average Bonchev–Trinajstić information content (AvgIpc) is 3.19. The zero-order valence-electron chi connectivity index (χ0n) is 19.7. The lowest BCUT2D eigenvalue weighted by Crippen LogP contribution is -2.50. The van der Waals surface area contributed by atoms with Crippen LogP contribution in [-0.4, -0.2) is 82.9 Å². The largest absolute Gasteiger partial charge is 0.491 e. The summed E-state index contributed by atoms with van der Waals surface area (Å²) in [6.07, 6.45) is -0.597. The number of hydrogen-bond donors (Lipinski definition) is 3. The Labute approximate surface area is 203 Å². The van der Waals surface area contributed by atoms with Gasteiger partial charge in [-0.3, -0.25) is 14.6 Å². The number of anilines is 1. The Morgan fingerprint density at radius 2 is 1.94 bits per heavy atom. The first kappa shape index (κ1) is 24.6. The number of fused-ring (bicyclic) bond motifs is 1. The van der Waals surface area contributed by atoms with E-state index in [2.05, 4.69) is 20.1 Å². The van der Waals surface area contributed by atoms with Gasteiger partial charge in [-0.15, -0.1) is 11.3 Å². The number of para-hydroxylation sites is 1. The van der Waals surface area contributed by atoms with Gasteiger partial charge in [0.15, 0.2) is 0 Å². The Morgan fingerprint density at radius 3 is 2.71 bits per heavy atom. The summed E-state index contributed by atoms with van der Waals surface area (Å²) in [5.41, 5.74) is 3.27. The molecule has 0 unspecified atom stereocenters. The minimum atomic E-state index is -0.597. The molecule has 2 aromatic carbocycles. The van der Waals surface area contributed by atoms with Crippen molar-refractivity contribution in [3.8, 4) is 5.75 Å². The van der Waals surface area contributed by atoms with Crippen LogP contribution in [0.4, 0.5) is 5.69 Å². The molecule has 0 spiro atoms. The Bertz CT molecular complexity index is 1130. The molecular formula is C25H32N4O4S. The summed E-state index contributed by atoms with van der Waals surface area (Å²) >= 11 is 1.65. The molecule has 4 rings (SSSR count). The zero-order chi connectivity index (χ0) is 24.1. The van der Waals surface area contributed by atoms with Crippen LogP contribution in [0.5, 0.6) is 5.75 Å². The fourth-order valence-electron chi connectivity index (χ4n) is 4.21. The number of aliphatic hydroxyl groups excluding tert-OH is 2. The van der Waals surface area contributed by atoms with Gasteiger partial charge in [-0.25, -0.2) is 4.98 Å². The van der Waals surface area contributed by atoms with Crippen molar-refractivity contribution in [2.24, 2.45) is 0 Å². The fourth-order valence-corrected chi connectivity index (χ4v) is 5.01. The highest BCUT2D eigenvalue weighted by Crippen LogP contribution is 2.25. The summed E-state index contributed by atoms with van der Waals surface area (Å²) in [4.78, 5) is 21.3. The number of carbonyl (C=O) groups excluding carboxylic acids is 1. The van der Waals surface area contributed by atoms with Crippen molar-refractivity contribution in [3.63, 3.8) is 0 Å². The van der Waals surface area contributed by atoms with Crippen molar-refractivity contribution in [2.45, 2.75) is 26.6 Å². The lowest BCUT2D eigenvalue weighted by atomic mass is 10.1. The number of piperazine rings is 1. The molecule has 1 aromatic heterocycles.